The highest BCUT2D eigenvalue weighted by atomic mass is 127. The van der Waals surface area contributed by atoms with Gasteiger partial charge in [0.25, 0.3) is 0 Å². The second-order valence-corrected chi connectivity index (χ2v) is 4.56. The van der Waals surface area contributed by atoms with Gasteiger partial charge in [-0.25, -0.2) is 0 Å². The average molecular weight is 336 g/mol. The quantitative estimate of drug-likeness (QED) is 0.336. The Hall–Kier alpha value is -0.400. The zero-order valence-electron chi connectivity index (χ0n) is 9.16. The molecule has 0 spiro atoms. The van der Waals surface area contributed by atoms with Crippen molar-refractivity contribution in [3.63, 3.8) is 0 Å². The molecule has 1 fully saturated rings. The summed E-state index contributed by atoms with van der Waals surface area (Å²) in [6.45, 7) is 8.30. The number of likely N-dealkylation sites (tertiary alicyclic amines) is 1. The molecule has 1 amide bonds. The first-order valence-electron chi connectivity index (χ1n) is 5.14. The highest BCUT2D eigenvalue weighted by Gasteiger charge is 2.34. The summed E-state index contributed by atoms with van der Waals surface area (Å²) in [6, 6.07) is -0.218. The molecule has 0 radical (unpaired) electrons. The molecule has 1 aliphatic heterocycles. The predicted octanol–water partition coefficient (Wildman–Crippen LogP) is 0.673. The summed E-state index contributed by atoms with van der Waals surface area (Å²) in [5.74, 6) is -0.0452. The lowest BCUT2D eigenvalue weighted by Gasteiger charge is -2.20. The van der Waals surface area contributed by atoms with Crippen molar-refractivity contribution < 1.29 is 9.90 Å². The second kappa shape index (κ2) is 6.36. The molecule has 0 aromatic rings. The van der Waals surface area contributed by atoms with Gasteiger partial charge in [0, 0.05) is 13.1 Å². The van der Waals surface area contributed by atoms with E-state index >= 15 is 0 Å². The van der Waals surface area contributed by atoms with Crippen molar-refractivity contribution in [2.75, 3.05) is 17.6 Å². The number of halogens is 1. The Labute approximate surface area is 110 Å². The minimum Gasteiger partial charge on any atom is -0.392 e. The van der Waals surface area contributed by atoms with Crippen molar-refractivity contribution in [3.8, 4) is 0 Å². The number of nitrogens with zero attached hydrogens (tertiary/aromatic N) is 1. The first-order chi connectivity index (χ1) is 7.58. The molecule has 2 atom stereocenters. The van der Waals surface area contributed by atoms with Crippen LogP contribution in [0.5, 0.6) is 0 Å². The molecule has 0 aliphatic carbocycles. The van der Waals surface area contributed by atoms with Gasteiger partial charge in [-0.2, -0.15) is 0 Å². The van der Waals surface area contributed by atoms with E-state index in [4.69, 9.17) is 0 Å². The van der Waals surface area contributed by atoms with E-state index in [1.165, 1.54) is 0 Å². The molecule has 1 aliphatic rings. The van der Waals surface area contributed by atoms with Crippen LogP contribution in [0, 0.1) is 0 Å². The Morgan fingerprint density at radius 2 is 2.38 bits per heavy atom. The van der Waals surface area contributed by atoms with Crippen LogP contribution in [0.4, 0.5) is 0 Å². The van der Waals surface area contributed by atoms with Crippen LogP contribution in [0.3, 0.4) is 0 Å². The molecular formula is C11H17IN2O2. The summed E-state index contributed by atoms with van der Waals surface area (Å²) in [7, 11) is 0. The van der Waals surface area contributed by atoms with E-state index in [1.807, 2.05) is 4.90 Å². The van der Waals surface area contributed by atoms with Gasteiger partial charge in [0.2, 0.25) is 5.91 Å². The van der Waals surface area contributed by atoms with Crippen LogP contribution in [0.1, 0.15) is 6.42 Å². The summed E-state index contributed by atoms with van der Waals surface area (Å²) in [5, 5.41) is 12.3. The maximum atomic E-state index is 11.8. The van der Waals surface area contributed by atoms with Gasteiger partial charge >= 0.3 is 0 Å². The molecule has 1 heterocycles. The third kappa shape index (κ3) is 3.57. The van der Waals surface area contributed by atoms with Gasteiger partial charge in [-0.05, 0) is 12.0 Å². The predicted molar refractivity (Wildman–Crippen MR) is 72.4 cm³/mol. The van der Waals surface area contributed by atoms with E-state index in [0.717, 1.165) is 10.1 Å². The number of rotatable bonds is 5. The average Bonchev–Trinajstić information content (AvgIpc) is 2.66. The van der Waals surface area contributed by atoms with Gasteiger partial charge in [0.15, 0.2) is 0 Å². The Bertz CT molecular complexity index is 294. The lowest BCUT2D eigenvalue weighted by Crippen LogP contribution is -2.43. The lowest BCUT2D eigenvalue weighted by atomic mass is 10.2. The van der Waals surface area contributed by atoms with E-state index in [0.29, 0.717) is 19.5 Å². The van der Waals surface area contributed by atoms with Crippen molar-refractivity contribution in [1.29, 1.82) is 0 Å². The molecule has 1 rings (SSSR count). The number of amides is 1. The van der Waals surface area contributed by atoms with Crippen LogP contribution >= 0.6 is 22.6 Å². The Kier molecular flexibility index (Phi) is 5.43. The number of carbonyl (C=O) groups excluding carboxylic acids is 1. The van der Waals surface area contributed by atoms with E-state index in [1.54, 1.807) is 6.08 Å². The number of nitrogens with one attached hydrogen (secondary N) is 1. The Morgan fingerprint density at radius 3 is 2.94 bits per heavy atom. The van der Waals surface area contributed by atoms with Crippen molar-refractivity contribution in [2.45, 2.75) is 18.6 Å². The number of aliphatic hydroxyl groups is 1. The van der Waals surface area contributed by atoms with Crippen LogP contribution < -0.4 is 5.32 Å². The van der Waals surface area contributed by atoms with Gasteiger partial charge in [0.05, 0.1) is 16.7 Å². The number of hydrogen-bond donors (Lipinski definition) is 2. The van der Waals surface area contributed by atoms with Crippen molar-refractivity contribution in [1.82, 2.24) is 10.2 Å². The molecule has 0 aromatic carbocycles. The highest BCUT2D eigenvalue weighted by Crippen LogP contribution is 2.18. The van der Waals surface area contributed by atoms with Crippen LogP contribution in [0.25, 0.3) is 0 Å². The van der Waals surface area contributed by atoms with E-state index in [-0.39, 0.29) is 11.9 Å². The summed E-state index contributed by atoms with van der Waals surface area (Å²) in [4.78, 5) is 13.8. The topological polar surface area (TPSA) is 52.6 Å². The third-order valence-corrected chi connectivity index (χ3v) is 3.49. The summed E-state index contributed by atoms with van der Waals surface area (Å²) >= 11 is 2.20. The lowest BCUT2D eigenvalue weighted by molar-refractivity contribution is -0.124. The third-order valence-electron chi connectivity index (χ3n) is 2.62. The fourth-order valence-electron chi connectivity index (χ4n) is 1.67. The van der Waals surface area contributed by atoms with Crippen molar-refractivity contribution in [3.05, 3.63) is 24.8 Å². The minimum atomic E-state index is -0.395. The van der Waals surface area contributed by atoms with Gasteiger partial charge in [0.1, 0.15) is 0 Å². The number of aliphatic hydroxyl groups excluding tert-OH is 1. The van der Waals surface area contributed by atoms with Gasteiger partial charge in [-0.1, -0.05) is 41.8 Å². The van der Waals surface area contributed by atoms with Gasteiger partial charge in [-0.15, -0.1) is 0 Å². The van der Waals surface area contributed by atoms with Crippen LogP contribution in [-0.2, 0) is 4.79 Å². The Balaban J connectivity index is 2.46. The SMILES string of the molecule is C=CC(=C)CNC(=O)[C@@H]1C[C@@H](O)CN1CI. The largest absolute Gasteiger partial charge is 0.392 e. The fraction of sp³-hybridized carbons (Fsp3) is 0.545. The summed E-state index contributed by atoms with van der Waals surface area (Å²) < 4.78 is 0.745. The number of hydrogen-bond acceptors (Lipinski definition) is 3. The zero-order chi connectivity index (χ0) is 12.1. The number of β-amino-alcohol motifs (C(OH)–C–C–N with tert-alkyl or cyclic N) is 1. The van der Waals surface area contributed by atoms with E-state index < -0.39 is 6.10 Å². The minimum absolute atomic E-state index is 0.0452. The molecule has 16 heavy (non-hydrogen) atoms. The summed E-state index contributed by atoms with van der Waals surface area (Å²) in [5.41, 5.74) is 0.785. The fourth-order valence-corrected chi connectivity index (χ4v) is 2.43. The Morgan fingerprint density at radius 1 is 1.69 bits per heavy atom. The van der Waals surface area contributed by atoms with Crippen LogP contribution in [0.2, 0.25) is 0 Å². The maximum absolute atomic E-state index is 11.8. The summed E-state index contributed by atoms with van der Waals surface area (Å²) in [6.07, 6.45) is 1.74. The molecule has 2 N–H and O–H groups in total. The zero-order valence-corrected chi connectivity index (χ0v) is 11.3. The molecule has 1 saturated heterocycles. The van der Waals surface area contributed by atoms with Crippen LogP contribution in [-0.4, -0.2) is 45.7 Å². The normalized spacial score (nSPS) is 25.4. The first-order valence-corrected chi connectivity index (χ1v) is 6.67. The molecule has 4 nitrogen and oxygen atoms in total. The van der Waals surface area contributed by atoms with Gasteiger partial charge < -0.3 is 10.4 Å². The van der Waals surface area contributed by atoms with Crippen molar-refractivity contribution >= 4 is 28.5 Å². The second-order valence-electron chi connectivity index (χ2n) is 3.88. The van der Waals surface area contributed by atoms with E-state index in [9.17, 15) is 9.90 Å². The highest BCUT2D eigenvalue weighted by molar-refractivity contribution is 14.1. The standard InChI is InChI=1S/C11H17IN2O2/c1-3-8(2)5-13-11(16)10-4-9(15)6-14(10)7-12/h3,9-10,15H,1-2,4-7H2,(H,13,16)/t9-,10+/m1/s1. The molecule has 0 bridgehead atoms. The molecular weight excluding hydrogens is 319 g/mol. The molecule has 90 valence electrons. The van der Waals surface area contributed by atoms with E-state index in [2.05, 4.69) is 41.1 Å². The monoisotopic (exact) mass is 336 g/mol. The van der Waals surface area contributed by atoms with Gasteiger partial charge in [-0.3, -0.25) is 9.69 Å². The smallest absolute Gasteiger partial charge is 0.237 e. The number of alkyl halides is 1. The number of carbonyl (C=O) groups is 1. The maximum Gasteiger partial charge on any atom is 0.237 e. The van der Waals surface area contributed by atoms with Crippen molar-refractivity contribution in [2.24, 2.45) is 0 Å². The molecule has 0 unspecified atom stereocenters. The van der Waals surface area contributed by atoms with Crippen LogP contribution in [0.15, 0.2) is 24.8 Å². The molecule has 5 heteroatoms. The first kappa shape index (κ1) is 13.7. The molecule has 0 saturated carbocycles. The molecule has 0 aromatic heterocycles.